The lowest BCUT2D eigenvalue weighted by Gasteiger charge is -2.50. The van der Waals surface area contributed by atoms with Gasteiger partial charge in [-0.3, -0.25) is 4.79 Å². The molecular formula is C17H26Cl2N2O2. The summed E-state index contributed by atoms with van der Waals surface area (Å²) in [5.74, 6) is 0.0567. The van der Waals surface area contributed by atoms with E-state index in [1.54, 1.807) is 12.1 Å². The highest BCUT2D eigenvalue weighted by atomic mass is 35.5. The lowest BCUT2D eigenvalue weighted by Crippen LogP contribution is -2.57. The van der Waals surface area contributed by atoms with Gasteiger partial charge in [-0.05, 0) is 31.0 Å². The van der Waals surface area contributed by atoms with Crippen molar-refractivity contribution in [1.82, 2.24) is 4.90 Å². The smallest absolute Gasteiger partial charge is 0.224 e. The van der Waals surface area contributed by atoms with E-state index in [1.165, 1.54) is 0 Å². The van der Waals surface area contributed by atoms with Gasteiger partial charge in [-0.2, -0.15) is 0 Å². The van der Waals surface area contributed by atoms with Crippen molar-refractivity contribution < 1.29 is 9.90 Å². The zero-order chi connectivity index (χ0) is 16.5. The predicted octanol–water partition coefficient (Wildman–Crippen LogP) is 2.95. The van der Waals surface area contributed by atoms with Gasteiger partial charge in [0.25, 0.3) is 0 Å². The van der Waals surface area contributed by atoms with Crippen molar-refractivity contribution in [2.45, 2.75) is 45.3 Å². The van der Waals surface area contributed by atoms with Crippen LogP contribution < -0.4 is 5.73 Å². The third kappa shape index (κ3) is 4.18. The van der Waals surface area contributed by atoms with E-state index in [4.69, 9.17) is 17.3 Å². The number of amides is 1. The Morgan fingerprint density at radius 1 is 1.39 bits per heavy atom. The van der Waals surface area contributed by atoms with E-state index >= 15 is 0 Å². The Morgan fingerprint density at radius 2 is 1.96 bits per heavy atom. The van der Waals surface area contributed by atoms with Crippen LogP contribution in [0.15, 0.2) is 24.3 Å². The maximum atomic E-state index is 12.2. The molecule has 1 amide bonds. The first-order chi connectivity index (χ1) is 10.2. The Hall–Kier alpha value is -0.810. The number of piperidine rings is 1. The average Bonchev–Trinajstić information content (AvgIpc) is 2.41. The zero-order valence-electron chi connectivity index (χ0n) is 13.9. The highest BCUT2D eigenvalue weighted by Crippen LogP contribution is 2.46. The molecule has 1 aromatic rings. The number of halogens is 2. The number of hydrogen-bond donors (Lipinski definition) is 2. The van der Waals surface area contributed by atoms with E-state index in [0.29, 0.717) is 31.0 Å². The SMILES string of the molecule is CC(N)CC(=O)N1CC[C@@](O)(c2ccc(Cl)cc2)C(C)(C)C1.Cl. The van der Waals surface area contributed by atoms with Crippen LogP contribution in [0.3, 0.4) is 0 Å². The molecule has 1 unspecified atom stereocenters. The van der Waals surface area contributed by atoms with Gasteiger partial charge in [-0.1, -0.05) is 37.6 Å². The van der Waals surface area contributed by atoms with E-state index in [9.17, 15) is 9.90 Å². The minimum Gasteiger partial charge on any atom is -0.384 e. The molecule has 1 heterocycles. The molecule has 0 bridgehead atoms. The largest absolute Gasteiger partial charge is 0.384 e. The molecule has 1 aliphatic rings. The number of benzene rings is 1. The maximum absolute atomic E-state index is 12.2. The van der Waals surface area contributed by atoms with Gasteiger partial charge in [0.05, 0.1) is 5.60 Å². The van der Waals surface area contributed by atoms with Crippen LogP contribution in [-0.2, 0) is 10.4 Å². The van der Waals surface area contributed by atoms with Crippen LogP contribution in [0.5, 0.6) is 0 Å². The lowest BCUT2D eigenvalue weighted by atomic mass is 9.66. The molecule has 2 atom stereocenters. The summed E-state index contributed by atoms with van der Waals surface area (Å²) in [5.41, 5.74) is 5.14. The Morgan fingerprint density at radius 3 is 2.43 bits per heavy atom. The maximum Gasteiger partial charge on any atom is 0.224 e. The van der Waals surface area contributed by atoms with Crippen LogP contribution in [0.1, 0.15) is 39.2 Å². The van der Waals surface area contributed by atoms with Crippen molar-refractivity contribution in [1.29, 1.82) is 0 Å². The zero-order valence-corrected chi connectivity index (χ0v) is 15.5. The number of aliphatic hydroxyl groups is 1. The molecule has 1 aromatic carbocycles. The van der Waals surface area contributed by atoms with Crippen molar-refractivity contribution in [2.75, 3.05) is 13.1 Å². The Kier molecular flexibility index (Phi) is 6.50. The third-order valence-corrected chi connectivity index (χ3v) is 4.87. The van der Waals surface area contributed by atoms with Gasteiger partial charge >= 0.3 is 0 Å². The van der Waals surface area contributed by atoms with Crippen LogP contribution in [0.2, 0.25) is 5.02 Å². The van der Waals surface area contributed by atoms with Crippen LogP contribution >= 0.6 is 24.0 Å². The molecule has 130 valence electrons. The number of hydrogen-bond acceptors (Lipinski definition) is 3. The van der Waals surface area contributed by atoms with Gasteiger partial charge in [0.15, 0.2) is 0 Å². The second-order valence-corrected chi connectivity index (χ2v) is 7.43. The van der Waals surface area contributed by atoms with Crippen LogP contribution in [-0.4, -0.2) is 35.0 Å². The molecule has 2 rings (SSSR count). The Bertz CT molecular complexity index is 546. The molecule has 3 N–H and O–H groups in total. The van der Waals surface area contributed by atoms with E-state index < -0.39 is 11.0 Å². The number of nitrogens with zero attached hydrogens (tertiary/aromatic N) is 1. The van der Waals surface area contributed by atoms with Gasteiger partial charge in [0, 0.05) is 36.0 Å². The van der Waals surface area contributed by atoms with E-state index in [-0.39, 0.29) is 24.4 Å². The molecule has 0 aromatic heterocycles. The average molecular weight is 361 g/mol. The molecule has 1 aliphatic heterocycles. The summed E-state index contributed by atoms with van der Waals surface area (Å²) in [5, 5.41) is 11.9. The highest BCUT2D eigenvalue weighted by Gasteiger charge is 2.49. The number of likely N-dealkylation sites (tertiary alicyclic amines) is 1. The minimum atomic E-state index is -0.970. The third-order valence-electron chi connectivity index (χ3n) is 4.62. The number of carbonyl (C=O) groups excluding carboxylic acids is 1. The fraction of sp³-hybridized carbons (Fsp3) is 0.588. The van der Waals surface area contributed by atoms with Gasteiger partial charge < -0.3 is 15.7 Å². The molecule has 0 aliphatic carbocycles. The first-order valence-corrected chi connectivity index (χ1v) is 8.05. The van der Waals surface area contributed by atoms with Gasteiger partial charge in [0.2, 0.25) is 5.91 Å². The minimum absolute atomic E-state index is 0. The van der Waals surface area contributed by atoms with E-state index in [0.717, 1.165) is 5.56 Å². The number of nitrogens with two attached hydrogens (primary N) is 1. The summed E-state index contributed by atoms with van der Waals surface area (Å²) in [6.45, 7) is 6.86. The van der Waals surface area contributed by atoms with Crippen LogP contribution in [0.4, 0.5) is 0 Å². The van der Waals surface area contributed by atoms with Crippen molar-refractivity contribution in [3.63, 3.8) is 0 Å². The molecule has 0 radical (unpaired) electrons. The van der Waals surface area contributed by atoms with Crippen LogP contribution in [0.25, 0.3) is 0 Å². The molecule has 1 saturated heterocycles. The summed E-state index contributed by atoms with van der Waals surface area (Å²) < 4.78 is 0. The normalized spacial score (nSPS) is 24.7. The molecule has 0 saturated carbocycles. The van der Waals surface area contributed by atoms with E-state index in [1.807, 2.05) is 37.8 Å². The topological polar surface area (TPSA) is 66.6 Å². The van der Waals surface area contributed by atoms with Gasteiger partial charge in [-0.15, -0.1) is 12.4 Å². The highest BCUT2D eigenvalue weighted by molar-refractivity contribution is 6.30. The fourth-order valence-corrected chi connectivity index (χ4v) is 3.33. The predicted molar refractivity (Wildman–Crippen MR) is 95.8 cm³/mol. The Balaban J connectivity index is 0.00000264. The molecular weight excluding hydrogens is 335 g/mol. The molecule has 6 heteroatoms. The fourth-order valence-electron chi connectivity index (χ4n) is 3.20. The first-order valence-electron chi connectivity index (χ1n) is 7.67. The van der Waals surface area contributed by atoms with Crippen molar-refractivity contribution in [3.05, 3.63) is 34.9 Å². The first kappa shape index (κ1) is 20.2. The second kappa shape index (κ2) is 7.39. The lowest BCUT2D eigenvalue weighted by molar-refractivity contribution is -0.153. The molecule has 0 spiro atoms. The number of carbonyl (C=O) groups is 1. The standard InChI is InChI=1S/C17H25ClN2O2.ClH/c1-12(19)10-15(21)20-9-8-17(22,16(2,3)11-20)13-4-6-14(18)7-5-13;/h4-7,12,22H,8-11,19H2,1-3H3;1H/t12?,17-;/m1./s1. The van der Waals surface area contributed by atoms with Crippen molar-refractivity contribution in [3.8, 4) is 0 Å². The van der Waals surface area contributed by atoms with Gasteiger partial charge in [0.1, 0.15) is 0 Å². The van der Waals surface area contributed by atoms with Gasteiger partial charge in [-0.25, -0.2) is 0 Å². The quantitative estimate of drug-likeness (QED) is 0.870. The monoisotopic (exact) mass is 360 g/mol. The summed E-state index contributed by atoms with van der Waals surface area (Å²) in [6, 6.07) is 7.16. The Labute approximate surface area is 149 Å². The summed E-state index contributed by atoms with van der Waals surface area (Å²) in [4.78, 5) is 14.0. The number of rotatable bonds is 3. The molecule has 1 fully saturated rings. The summed E-state index contributed by atoms with van der Waals surface area (Å²) >= 11 is 5.93. The second-order valence-electron chi connectivity index (χ2n) is 7.00. The molecule has 4 nitrogen and oxygen atoms in total. The molecule has 23 heavy (non-hydrogen) atoms. The summed E-state index contributed by atoms with van der Waals surface area (Å²) in [6.07, 6.45) is 0.849. The van der Waals surface area contributed by atoms with E-state index in [2.05, 4.69) is 0 Å². The van der Waals surface area contributed by atoms with Crippen LogP contribution in [0, 0.1) is 5.41 Å². The summed E-state index contributed by atoms with van der Waals surface area (Å²) in [7, 11) is 0. The van der Waals surface area contributed by atoms with Crippen molar-refractivity contribution >= 4 is 29.9 Å². The van der Waals surface area contributed by atoms with Crippen molar-refractivity contribution in [2.24, 2.45) is 11.1 Å².